The summed E-state index contributed by atoms with van der Waals surface area (Å²) in [7, 11) is 2.09. The monoisotopic (exact) mass is 305 g/mol. The van der Waals surface area contributed by atoms with Crippen LogP contribution in [0.5, 0.6) is 5.88 Å². The van der Waals surface area contributed by atoms with Gasteiger partial charge in [-0.15, -0.1) is 0 Å². The van der Waals surface area contributed by atoms with Crippen LogP contribution >= 0.6 is 0 Å². The summed E-state index contributed by atoms with van der Waals surface area (Å²) in [5, 5.41) is 3.07. The fraction of sp³-hybridized carbons (Fsp3) is 0.647. The molecule has 0 radical (unpaired) electrons. The SMILES string of the molecule is Cc1ccnc(OCC(C)(C)NC(=O)C[C@@H]2CCCN2C)c1. The molecule has 1 saturated heterocycles. The largest absolute Gasteiger partial charge is 0.475 e. The highest BCUT2D eigenvalue weighted by Crippen LogP contribution is 2.18. The summed E-state index contributed by atoms with van der Waals surface area (Å²) < 4.78 is 5.71. The predicted octanol–water partition coefficient (Wildman–Crippen LogP) is 2.15. The third kappa shape index (κ3) is 4.98. The van der Waals surface area contributed by atoms with Crippen molar-refractivity contribution < 1.29 is 9.53 Å². The van der Waals surface area contributed by atoms with E-state index in [0.29, 0.717) is 24.9 Å². The zero-order valence-electron chi connectivity index (χ0n) is 14.1. The zero-order valence-corrected chi connectivity index (χ0v) is 14.1. The predicted molar refractivity (Wildman–Crippen MR) is 87.0 cm³/mol. The van der Waals surface area contributed by atoms with Gasteiger partial charge in [-0.1, -0.05) is 0 Å². The number of ether oxygens (including phenoxy) is 1. The summed E-state index contributed by atoms with van der Waals surface area (Å²) in [6.07, 6.45) is 4.57. The second-order valence-corrected chi connectivity index (χ2v) is 6.87. The van der Waals surface area contributed by atoms with Crippen molar-refractivity contribution in [3.63, 3.8) is 0 Å². The van der Waals surface area contributed by atoms with Crippen LogP contribution in [0.4, 0.5) is 0 Å². The molecule has 1 aliphatic heterocycles. The van der Waals surface area contributed by atoms with Crippen molar-refractivity contribution in [2.24, 2.45) is 0 Å². The third-order valence-corrected chi connectivity index (χ3v) is 4.04. The molecular formula is C17H27N3O2. The summed E-state index contributed by atoms with van der Waals surface area (Å²) in [6, 6.07) is 4.19. The molecule has 0 spiro atoms. The van der Waals surface area contributed by atoms with Gasteiger partial charge in [-0.05, 0) is 58.8 Å². The first-order valence-corrected chi connectivity index (χ1v) is 7.92. The molecule has 5 nitrogen and oxygen atoms in total. The number of carbonyl (C=O) groups is 1. The van der Waals surface area contributed by atoms with Gasteiger partial charge in [-0.25, -0.2) is 4.98 Å². The van der Waals surface area contributed by atoms with Crippen molar-refractivity contribution in [1.29, 1.82) is 0 Å². The lowest BCUT2D eigenvalue weighted by atomic mass is 10.1. The molecule has 0 unspecified atom stereocenters. The number of nitrogens with zero attached hydrogens (tertiary/aromatic N) is 2. The highest BCUT2D eigenvalue weighted by Gasteiger charge is 2.27. The molecule has 1 aliphatic rings. The zero-order chi connectivity index (χ0) is 16.2. The number of hydrogen-bond donors (Lipinski definition) is 1. The highest BCUT2D eigenvalue weighted by atomic mass is 16.5. The topological polar surface area (TPSA) is 54.5 Å². The number of aromatic nitrogens is 1. The van der Waals surface area contributed by atoms with E-state index in [1.54, 1.807) is 6.20 Å². The van der Waals surface area contributed by atoms with Gasteiger partial charge in [0, 0.05) is 24.7 Å². The number of aryl methyl sites for hydroxylation is 1. The number of likely N-dealkylation sites (tertiary alicyclic amines) is 1. The Labute approximate surface area is 133 Å². The van der Waals surface area contributed by atoms with Crippen LogP contribution in [0, 0.1) is 6.92 Å². The van der Waals surface area contributed by atoms with Crippen LogP contribution < -0.4 is 10.1 Å². The van der Waals surface area contributed by atoms with Crippen LogP contribution in [0.1, 0.15) is 38.7 Å². The first kappa shape index (κ1) is 16.7. The summed E-state index contributed by atoms with van der Waals surface area (Å²) in [6.45, 7) is 7.43. The lowest BCUT2D eigenvalue weighted by Gasteiger charge is -2.27. The van der Waals surface area contributed by atoms with Crippen molar-refractivity contribution >= 4 is 5.91 Å². The maximum Gasteiger partial charge on any atom is 0.222 e. The van der Waals surface area contributed by atoms with E-state index in [1.807, 2.05) is 32.9 Å². The molecule has 0 aromatic carbocycles. The Morgan fingerprint density at radius 3 is 2.95 bits per heavy atom. The number of carbonyl (C=O) groups excluding carboxylic acids is 1. The number of hydrogen-bond acceptors (Lipinski definition) is 4. The van der Waals surface area contributed by atoms with Crippen LogP contribution in [-0.4, -0.2) is 47.6 Å². The molecule has 0 aliphatic carbocycles. The molecule has 5 heteroatoms. The van der Waals surface area contributed by atoms with Crippen molar-refractivity contribution in [1.82, 2.24) is 15.2 Å². The standard InChI is InChI=1S/C17H27N3O2/c1-13-7-8-18-16(10-13)22-12-17(2,3)19-15(21)11-14-6-5-9-20(14)4/h7-8,10,14H,5-6,9,11-12H2,1-4H3,(H,19,21)/t14-/m0/s1. The van der Waals surface area contributed by atoms with Crippen molar-refractivity contribution in [3.05, 3.63) is 23.9 Å². The van der Waals surface area contributed by atoms with E-state index in [-0.39, 0.29) is 5.91 Å². The summed E-state index contributed by atoms with van der Waals surface area (Å²) in [5.74, 6) is 0.683. The fourth-order valence-corrected chi connectivity index (χ4v) is 2.76. The first-order chi connectivity index (χ1) is 10.4. The van der Waals surface area contributed by atoms with Crippen molar-refractivity contribution in [3.8, 4) is 5.88 Å². The lowest BCUT2D eigenvalue weighted by Crippen LogP contribution is -2.49. The van der Waals surface area contributed by atoms with Gasteiger partial charge in [-0.3, -0.25) is 4.79 Å². The van der Waals surface area contributed by atoms with Crippen LogP contribution in [-0.2, 0) is 4.79 Å². The quantitative estimate of drug-likeness (QED) is 0.875. The van der Waals surface area contributed by atoms with Crippen LogP contribution in [0.25, 0.3) is 0 Å². The lowest BCUT2D eigenvalue weighted by molar-refractivity contribution is -0.124. The van der Waals surface area contributed by atoms with Gasteiger partial charge in [0.05, 0.1) is 5.54 Å². The molecule has 1 aromatic heterocycles. The molecule has 1 amide bonds. The van der Waals surface area contributed by atoms with Crippen molar-refractivity contribution in [2.75, 3.05) is 20.2 Å². The van der Waals surface area contributed by atoms with Crippen LogP contribution in [0.2, 0.25) is 0 Å². The van der Waals surface area contributed by atoms with E-state index >= 15 is 0 Å². The molecule has 0 saturated carbocycles. The summed E-state index contributed by atoms with van der Waals surface area (Å²) in [4.78, 5) is 18.7. The Morgan fingerprint density at radius 2 is 2.32 bits per heavy atom. The maximum absolute atomic E-state index is 12.2. The second kappa shape index (κ2) is 7.09. The molecule has 2 rings (SSSR count). The molecule has 1 atom stereocenters. The minimum atomic E-state index is -0.417. The number of nitrogens with one attached hydrogen (secondary N) is 1. The molecule has 1 N–H and O–H groups in total. The minimum Gasteiger partial charge on any atom is -0.475 e. The van der Waals surface area contributed by atoms with E-state index in [4.69, 9.17) is 4.74 Å². The Bertz CT molecular complexity index is 516. The number of amides is 1. The molecule has 1 fully saturated rings. The Hall–Kier alpha value is -1.62. The minimum absolute atomic E-state index is 0.0875. The van der Waals surface area contributed by atoms with Gasteiger partial charge in [0.2, 0.25) is 11.8 Å². The van der Waals surface area contributed by atoms with Gasteiger partial charge in [0.1, 0.15) is 6.61 Å². The van der Waals surface area contributed by atoms with Gasteiger partial charge in [0.15, 0.2) is 0 Å². The molecule has 122 valence electrons. The maximum atomic E-state index is 12.2. The van der Waals surface area contributed by atoms with Gasteiger partial charge < -0.3 is 15.0 Å². The molecule has 2 heterocycles. The summed E-state index contributed by atoms with van der Waals surface area (Å²) in [5.41, 5.74) is 0.691. The van der Waals surface area contributed by atoms with Gasteiger partial charge in [-0.2, -0.15) is 0 Å². The number of rotatable bonds is 6. The smallest absolute Gasteiger partial charge is 0.222 e. The average Bonchev–Trinajstić information content (AvgIpc) is 2.81. The van der Waals surface area contributed by atoms with Crippen LogP contribution in [0.3, 0.4) is 0 Å². The normalized spacial score (nSPS) is 19.2. The third-order valence-electron chi connectivity index (χ3n) is 4.04. The van der Waals surface area contributed by atoms with E-state index in [9.17, 15) is 4.79 Å². The summed E-state index contributed by atoms with van der Waals surface area (Å²) >= 11 is 0. The Morgan fingerprint density at radius 1 is 1.55 bits per heavy atom. The number of pyridine rings is 1. The molecule has 1 aromatic rings. The Balaban J connectivity index is 1.81. The van der Waals surface area contributed by atoms with E-state index in [2.05, 4.69) is 22.2 Å². The van der Waals surface area contributed by atoms with E-state index in [1.165, 1.54) is 6.42 Å². The molecule has 22 heavy (non-hydrogen) atoms. The second-order valence-electron chi connectivity index (χ2n) is 6.87. The Kier molecular flexibility index (Phi) is 5.40. The van der Waals surface area contributed by atoms with Gasteiger partial charge >= 0.3 is 0 Å². The average molecular weight is 305 g/mol. The van der Waals surface area contributed by atoms with E-state index < -0.39 is 5.54 Å². The molecular weight excluding hydrogens is 278 g/mol. The van der Waals surface area contributed by atoms with Crippen molar-refractivity contribution in [2.45, 2.75) is 51.6 Å². The van der Waals surface area contributed by atoms with E-state index in [0.717, 1.165) is 18.5 Å². The first-order valence-electron chi connectivity index (χ1n) is 7.92. The molecule has 0 bridgehead atoms. The fourth-order valence-electron chi connectivity index (χ4n) is 2.76. The van der Waals surface area contributed by atoms with Gasteiger partial charge in [0.25, 0.3) is 0 Å². The van der Waals surface area contributed by atoms with Crippen LogP contribution in [0.15, 0.2) is 18.3 Å². The highest BCUT2D eigenvalue weighted by molar-refractivity contribution is 5.77.